The van der Waals surface area contributed by atoms with E-state index in [1.54, 1.807) is 6.07 Å². The van der Waals surface area contributed by atoms with Crippen molar-refractivity contribution in [2.24, 2.45) is 0 Å². The van der Waals surface area contributed by atoms with Crippen molar-refractivity contribution in [1.82, 2.24) is 10.1 Å². The second-order valence-corrected chi connectivity index (χ2v) is 4.12. The Morgan fingerprint density at radius 1 is 1.00 bits per heavy atom. The predicted octanol–water partition coefficient (Wildman–Crippen LogP) is 2.24. The van der Waals surface area contributed by atoms with Gasteiger partial charge in [-0.3, -0.25) is 0 Å². The number of hydrogen-bond acceptors (Lipinski definition) is 3. The molecule has 0 saturated carbocycles. The zero-order chi connectivity index (χ0) is 12.5. The third-order valence-electron chi connectivity index (χ3n) is 2.86. The lowest BCUT2D eigenvalue weighted by Gasteiger charge is -2.04. The highest BCUT2D eigenvalue weighted by atomic mass is 16.5. The molecule has 3 rings (SSSR count). The average Bonchev–Trinajstić information content (AvgIpc) is 2.41. The summed E-state index contributed by atoms with van der Waals surface area (Å²) in [6.45, 7) is 1.93. The van der Waals surface area contributed by atoms with Crippen LogP contribution in [0.4, 0.5) is 0 Å². The molecule has 18 heavy (non-hydrogen) atoms. The molecule has 0 aliphatic carbocycles. The van der Waals surface area contributed by atoms with Gasteiger partial charge in [-0.05, 0) is 17.3 Å². The Bertz CT molecular complexity index is 711. The molecular formula is C14H11N3O. The largest absolute Gasteiger partial charge is 0.594 e. The maximum Gasteiger partial charge on any atom is 0.270 e. The van der Waals surface area contributed by atoms with Crippen molar-refractivity contribution in [3.63, 3.8) is 0 Å². The molecule has 2 aromatic carbocycles. The van der Waals surface area contributed by atoms with Crippen molar-refractivity contribution in [3.05, 3.63) is 59.3 Å². The fourth-order valence-corrected chi connectivity index (χ4v) is 1.92. The zero-order valence-corrected chi connectivity index (χ0v) is 9.87. The molecule has 0 saturated heterocycles. The predicted molar refractivity (Wildman–Crippen MR) is 68.7 cm³/mol. The highest BCUT2D eigenvalue weighted by Crippen LogP contribution is 2.17. The van der Waals surface area contributed by atoms with Gasteiger partial charge in [0.05, 0.1) is 0 Å². The highest BCUT2D eigenvalue weighted by Gasteiger charge is 2.13. The van der Waals surface area contributed by atoms with E-state index in [0.29, 0.717) is 21.7 Å². The van der Waals surface area contributed by atoms with Crippen molar-refractivity contribution >= 4 is 11.0 Å². The van der Waals surface area contributed by atoms with Crippen LogP contribution in [0, 0.1) is 12.1 Å². The van der Waals surface area contributed by atoms with Crippen molar-refractivity contribution in [2.75, 3.05) is 0 Å². The number of hydrogen-bond donors (Lipinski definition) is 0. The zero-order valence-electron chi connectivity index (χ0n) is 9.87. The Morgan fingerprint density at radius 3 is 2.56 bits per heavy atom. The molecule has 0 unspecified atom stereocenters. The molecule has 4 heteroatoms. The third kappa shape index (κ3) is 1.68. The van der Waals surface area contributed by atoms with Crippen molar-refractivity contribution < 1.29 is 4.85 Å². The van der Waals surface area contributed by atoms with E-state index in [9.17, 15) is 5.21 Å². The normalized spacial score (nSPS) is 10.7. The molecule has 88 valence electrons. The summed E-state index contributed by atoms with van der Waals surface area (Å²) in [6.07, 6.45) is 0. The van der Waals surface area contributed by atoms with Gasteiger partial charge in [-0.15, -0.1) is 0 Å². The van der Waals surface area contributed by atoms with Crippen LogP contribution in [0.3, 0.4) is 0 Å². The van der Waals surface area contributed by atoms with Crippen molar-refractivity contribution in [3.8, 4) is 11.4 Å². The lowest BCUT2D eigenvalue weighted by Crippen LogP contribution is -2.33. The summed E-state index contributed by atoms with van der Waals surface area (Å²) < 4.78 is 0. The smallest absolute Gasteiger partial charge is 0.270 e. The van der Waals surface area contributed by atoms with Crippen LogP contribution >= 0.6 is 0 Å². The molecule has 0 radical (unpaired) electrons. The fraction of sp³-hybridized carbons (Fsp3) is 0.0714. The minimum atomic E-state index is 0.451. The first-order valence-electron chi connectivity index (χ1n) is 5.68. The van der Waals surface area contributed by atoms with Crippen molar-refractivity contribution in [2.45, 2.75) is 6.92 Å². The number of rotatable bonds is 1. The van der Waals surface area contributed by atoms with Crippen LogP contribution in [-0.4, -0.2) is 10.1 Å². The van der Waals surface area contributed by atoms with E-state index in [4.69, 9.17) is 0 Å². The van der Waals surface area contributed by atoms with E-state index in [1.165, 1.54) is 0 Å². The number of para-hydroxylation sites is 1. The number of aryl methyl sites for hydroxylation is 1. The average molecular weight is 237 g/mol. The summed E-state index contributed by atoms with van der Waals surface area (Å²) in [4.78, 5) is 5.11. The van der Waals surface area contributed by atoms with E-state index in [-0.39, 0.29) is 0 Å². The molecule has 1 heterocycles. The summed E-state index contributed by atoms with van der Waals surface area (Å²) in [6, 6.07) is 15.0. The van der Waals surface area contributed by atoms with E-state index >= 15 is 0 Å². The maximum atomic E-state index is 11.9. The number of fused-ring (bicyclic) bond motifs is 1. The first-order valence-corrected chi connectivity index (χ1v) is 5.68. The molecule has 1 aromatic heterocycles. The van der Waals surface area contributed by atoms with E-state index in [0.717, 1.165) is 11.1 Å². The Balaban J connectivity index is 2.31. The van der Waals surface area contributed by atoms with Gasteiger partial charge >= 0.3 is 0 Å². The van der Waals surface area contributed by atoms with Crippen molar-refractivity contribution in [1.29, 1.82) is 0 Å². The summed E-state index contributed by atoms with van der Waals surface area (Å²) in [5.74, 6) is 0.451. The second-order valence-electron chi connectivity index (χ2n) is 4.12. The molecule has 0 N–H and O–H groups in total. The lowest BCUT2D eigenvalue weighted by molar-refractivity contribution is -0.642. The van der Waals surface area contributed by atoms with Gasteiger partial charge in [-0.1, -0.05) is 42.5 Å². The molecule has 0 amide bonds. The first kappa shape index (κ1) is 10.7. The van der Waals surface area contributed by atoms with Crippen LogP contribution in [-0.2, 0) is 0 Å². The van der Waals surface area contributed by atoms with Crippen LogP contribution in [0.5, 0.6) is 0 Å². The molecule has 0 aliphatic heterocycles. The summed E-state index contributed by atoms with van der Waals surface area (Å²) in [7, 11) is 0. The fourth-order valence-electron chi connectivity index (χ4n) is 1.92. The van der Waals surface area contributed by atoms with Gasteiger partial charge in [0.15, 0.2) is 0 Å². The van der Waals surface area contributed by atoms with Gasteiger partial charge < -0.3 is 5.21 Å². The highest BCUT2D eigenvalue weighted by molar-refractivity contribution is 5.76. The Labute approximate surface area is 104 Å². The Kier molecular flexibility index (Phi) is 2.41. The topological polar surface area (TPSA) is 52.7 Å². The van der Waals surface area contributed by atoms with E-state index in [1.807, 2.05) is 49.4 Å². The quantitative estimate of drug-likeness (QED) is 0.481. The SMILES string of the molecule is Cc1cccc2c1nc(-c1ccccc1)n[n+]2[O-]. The van der Waals surface area contributed by atoms with Crippen LogP contribution in [0.25, 0.3) is 22.4 Å². The van der Waals surface area contributed by atoms with Gasteiger partial charge in [-0.25, -0.2) is 4.98 Å². The molecule has 0 fully saturated rings. The summed E-state index contributed by atoms with van der Waals surface area (Å²) in [5.41, 5.74) is 3.00. The molecule has 3 aromatic rings. The van der Waals surface area contributed by atoms with Gasteiger partial charge in [-0.2, -0.15) is 0 Å². The molecule has 0 bridgehead atoms. The minimum Gasteiger partial charge on any atom is -0.594 e. The van der Waals surface area contributed by atoms with Crippen LogP contribution in [0.2, 0.25) is 0 Å². The number of nitrogens with zero attached hydrogens (tertiary/aromatic N) is 3. The molecule has 4 nitrogen and oxygen atoms in total. The Morgan fingerprint density at radius 2 is 1.78 bits per heavy atom. The summed E-state index contributed by atoms with van der Waals surface area (Å²) in [5, 5.41) is 15.9. The Hall–Kier alpha value is -2.49. The first-order chi connectivity index (χ1) is 8.75. The van der Waals surface area contributed by atoms with E-state index in [2.05, 4.69) is 10.1 Å². The number of aromatic nitrogens is 3. The summed E-state index contributed by atoms with van der Waals surface area (Å²) >= 11 is 0. The van der Waals surface area contributed by atoms with Crippen LogP contribution in [0.1, 0.15) is 5.56 Å². The monoisotopic (exact) mass is 237 g/mol. The van der Waals surface area contributed by atoms with Crippen LogP contribution in [0.15, 0.2) is 48.5 Å². The standard InChI is InChI=1S/C14H11N3O/c1-10-6-5-9-12-13(10)15-14(16-17(12)18)11-7-3-2-4-8-11/h2-9H,1H3. The molecule has 0 spiro atoms. The van der Waals surface area contributed by atoms with Gasteiger partial charge in [0.25, 0.3) is 5.52 Å². The minimum absolute atomic E-state index is 0.451. The van der Waals surface area contributed by atoms with E-state index < -0.39 is 0 Å². The lowest BCUT2D eigenvalue weighted by atomic mass is 10.2. The molecule has 0 atom stereocenters. The maximum absolute atomic E-state index is 11.9. The van der Waals surface area contributed by atoms with Gasteiger partial charge in [0.1, 0.15) is 5.52 Å². The van der Waals surface area contributed by atoms with Gasteiger partial charge in [0, 0.05) is 16.7 Å². The second kappa shape index (κ2) is 4.07. The van der Waals surface area contributed by atoms with Gasteiger partial charge in [0.2, 0.25) is 5.82 Å². The molecule has 0 aliphatic rings. The van der Waals surface area contributed by atoms with Crippen LogP contribution < -0.4 is 4.85 Å². The number of benzene rings is 2. The molecular weight excluding hydrogens is 226 g/mol. The third-order valence-corrected chi connectivity index (χ3v) is 2.86.